The van der Waals surface area contributed by atoms with Gasteiger partial charge < -0.3 is 0 Å². The van der Waals surface area contributed by atoms with Crippen LogP contribution in [-0.4, -0.2) is 21.0 Å². The molecule has 3 nitrogen and oxygen atoms in total. The number of aliphatic imine (C=N–C) groups is 1. The van der Waals surface area contributed by atoms with Crippen molar-refractivity contribution in [1.82, 2.24) is 9.55 Å². The highest BCUT2D eigenvalue weighted by Crippen LogP contribution is 2.29. The second kappa shape index (κ2) is 5.34. The van der Waals surface area contributed by atoms with E-state index in [0.717, 1.165) is 28.7 Å². The second-order valence-electron chi connectivity index (χ2n) is 3.76. The molecule has 0 unspecified atom stereocenters. The molecule has 0 saturated carbocycles. The van der Waals surface area contributed by atoms with Gasteiger partial charge in [-0.25, -0.2) is 9.98 Å². The van der Waals surface area contributed by atoms with Gasteiger partial charge in [-0.3, -0.25) is 4.57 Å². The van der Waals surface area contributed by atoms with E-state index in [2.05, 4.69) is 9.98 Å². The SMILES string of the molecule is CSC1=Nc2cc(Cl)ccc2Cc2nccn21.Cl. The molecule has 6 heteroatoms. The summed E-state index contributed by atoms with van der Waals surface area (Å²) in [6, 6.07) is 5.82. The first-order chi connectivity index (χ1) is 8.28. The van der Waals surface area contributed by atoms with E-state index in [1.54, 1.807) is 11.8 Å². The number of thioether (sulfide) groups is 1. The van der Waals surface area contributed by atoms with Crippen molar-refractivity contribution in [2.75, 3.05) is 6.26 Å². The highest BCUT2D eigenvalue weighted by Gasteiger charge is 2.16. The fourth-order valence-corrected chi connectivity index (χ4v) is 2.62. The van der Waals surface area contributed by atoms with Gasteiger partial charge >= 0.3 is 0 Å². The van der Waals surface area contributed by atoms with Gasteiger partial charge in [0.25, 0.3) is 0 Å². The van der Waals surface area contributed by atoms with Gasteiger partial charge in [-0.1, -0.05) is 29.4 Å². The molecule has 1 aromatic heterocycles. The summed E-state index contributed by atoms with van der Waals surface area (Å²) in [5.41, 5.74) is 2.10. The predicted octanol–water partition coefficient (Wildman–Crippen LogP) is 3.76. The van der Waals surface area contributed by atoms with E-state index in [-0.39, 0.29) is 12.4 Å². The second-order valence-corrected chi connectivity index (χ2v) is 4.97. The topological polar surface area (TPSA) is 30.2 Å². The summed E-state index contributed by atoms with van der Waals surface area (Å²) in [7, 11) is 0. The Labute approximate surface area is 121 Å². The molecule has 2 aromatic rings. The van der Waals surface area contributed by atoms with Crippen LogP contribution in [0.5, 0.6) is 0 Å². The molecule has 94 valence electrons. The van der Waals surface area contributed by atoms with Crippen LogP contribution in [0.2, 0.25) is 5.02 Å². The maximum absolute atomic E-state index is 6.01. The zero-order valence-corrected chi connectivity index (χ0v) is 12.0. The maximum atomic E-state index is 6.01. The van der Waals surface area contributed by atoms with Crippen LogP contribution < -0.4 is 0 Å². The van der Waals surface area contributed by atoms with E-state index in [1.807, 2.05) is 41.4 Å². The Hall–Kier alpha value is -0.970. The van der Waals surface area contributed by atoms with Crippen LogP contribution in [0, 0.1) is 0 Å². The summed E-state index contributed by atoms with van der Waals surface area (Å²) in [6.45, 7) is 0. The van der Waals surface area contributed by atoms with Crippen LogP contribution in [0.3, 0.4) is 0 Å². The number of hydrogen-bond acceptors (Lipinski definition) is 3. The van der Waals surface area contributed by atoms with Crippen molar-refractivity contribution < 1.29 is 0 Å². The molecule has 0 bridgehead atoms. The average Bonchev–Trinajstić information content (AvgIpc) is 2.72. The molecule has 0 spiro atoms. The molecule has 1 aliphatic heterocycles. The zero-order chi connectivity index (χ0) is 11.8. The number of benzene rings is 1. The Morgan fingerprint density at radius 1 is 1.39 bits per heavy atom. The van der Waals surface area contributed by atoms with Gasteiger partial charge in [-0.2, -0.15) is 0 Å². The Bertz CT molecular complexity index is 607. The van der Waals surface area contributed by atoms with Gasteiger partial charge in [0.2, 0.25) is 0 Å². The number of aromatic nitrogens is 2. The highest BCUT2D eigenvalue weighted by atomic mass is 35.5. The minimum Gasteiger partial charge on any atom is -0.282 e. The van der Waals surface area contributed by atoms with Crippen molar-refractivity contribution >= 4 is 46.6 Å². The van der Waals surface area contributed by atoms with Crippen molar-refractivity contribution in [1.29, 1.82) is 0 Å². The lowest BCUT2D eigenvalue weighted by Crippen LogP contribution is -2.08. The quantitative estimate of drug-likeness (QED) is 0.741. The summed E-state index contributed by atoms with van der Waals surface area (Å²) in [5, 5.41) is 1.64. The van der Waals surface area contributed by atoms with Gasteiger partial charge in [-0.15, -0.1) is 12.4 Å². The number of fused-ring (bicyclic) bond motifs is 2. The number of nitrogens with zero attached hydrogens (tertiary/aromatic N) is 3. The lowest BCUT2D eigenvalue weighted by molar-refractivity contribution is 0.974. The molecule has 18 heavy (non-hydrogen) atoms. The third-order valence-corrected chi connectivity index (χ3v) is 3.61. The predicted molar refractivity (Wildman–Crippen MR) is 79.7 cm³/mol. The van der Waals surface area contributed by atoms with Crippen molar-refractivity contribution in [2.24, 2.45) is 4.99 Å². The van der Waals surface area contributed by atoms with E-state index in [9.17, 15) is 0 Å². The smallest absolute Gasteiger partial charge is 0.173 e. The first-order valence-corrected chi connectivity index (χ1v) is 6.82. The van der Waals surface area contributed by atoms with Crippen molar-refractivity contribution in [3.8, 4) is 0 Å². The Kier molecular flexibility index (Phi) is 4.00. The van der Waals surface area contributed by atoms with E-state index in [1.165, 1.54) is 0 Å². The van der Waals surface area contributed by atoms with E-state index in [4.69, 9.17) is 11.6 Å². The summed E-state index contributed by atoms with van der Waals surface area (Å²) >= 11 is 7.61. The molecule has 3 rings (SSSR count). The first-order valence-electron chi connectivity index (χ1n) is 5.21. The van der Waals surface area contributed by atoms with Crippen LogP contribution in [-0.2, 0) is 6.42 Å². The van der Waals surface area contributed by atoms with Crippen molar-refractivity contribution in [2.45, 2.75) is 6.42 Å². The highest BCUT2D eigenvalue weighted by molar-refractivity contribution is 8.13. The molecular weight excluding hydrogens is 289 g/mol. The summed E-state index contributed by atoms with van der Waals surface area (Å²) in [6.07, 6.45) is 6.55. The van der Waals surface area contributed by atoms with Crippen LogP contribution in [0.4, 0.5) is 5.69 Å². The summed E-state index contributed by atoms with van der Waals surface area (Å²) in [5.74, 6) is 1.01. The van der Waals surface area contributed by atoms with Crippen LogP contribution in [0.15, 0.2) is 35.6 Å². The summed E-state index contributed by atoms with van der Waals surface area (Å²) < 4.78 is 2.03. The van der Waals surface area contributed by atoms with Gasteiger partial charge in [-0.05, 0) is 24.0 Å². The third-order valence-electron chi connectivity index (χ3n) is 2.72. The van der Waals surface area contributed by atoms with Gasteiger partial charge in [0.1, 0.15) is 5.82 Å². The minimum absolute atomic E-state index is 0. The molecule has 0 aliphatic carbocycles. The van der Waals surface area contributed by atoms with Crippen molar-refractivity contribution in [3.05, 3.63) is 47.0 Å². The maximum Gasteiger partial charge on any atom is 0.173 e. The molecule has 0 fully saturated rings. The molecule has 0 N–H and O–H groups in total. The molecular formula is C12H11Cl2N3S. The fourth-order valence-electron chi connectivity index (χ4n) is 1.90. The number of imidazole rings is 1. The van der Waals surface area contributed by atoms with Gasteiger partial charge in [0.05, 0.1) is 5.69 Å². The average molecular weight is 300 g/mol. The van der Waals surface area contributed by atoms with Gasteiger partial charge in [0, 0.05) is 23.8 Å². The van der Waals surface area contributed by atoms with E-state index < -0.39 is 0 Å². The van der Waals surface area contributed by atoms with Crippen LogP contribution in [0.25, 0.3) is 0 Å². The largest absolute Gasteiger partial charge is 0.282 e. The Balaban J connectivity index is 0.00000120. The zero-order valence-electron chi connectivity index (χ0n) is 9.63. The summed E-state index contributed by atoms with van der Waals surface area (Å²) in [4.78, 5) is 9.02. The lowest BCUT2D eigenvalue weighted by atomic mass is 10.1. The number of rotatable bonds is 0. The molecule has 0 atom stereocenters. The van der Waals surface area contributed by atoms with Crippen LogP contribution in [0.1, 0.15) is 11.4 Å². The minimum atomic E-state index is 0. The molecule has 1 aromatic carbocycles. The molecule has 2 heterocycles. The fraction of sp³-hybridized carbons (Fsp3) is 0.167. The monoisotopic (exact) mass is 299 g/mol. The van der Waals surface area contributed by atoms with E-state index in [0.29, 0.717) is 5.02 Å². The third kappa shape index (κ3) is 2.28. The first kappa shape index (κ1) is 13.5. The molecule has 0 amide bonds. The molecule has 0 saturated heterocycles. The van der Waals surface area contributed by atoms with Gasteiger partial charge in [0.15, 0.2) is 5.17 Å². The van der Waals surface area contributed by atoms with E-state index >= 15 is 0 Å². The number of hydrogen-bond donors (Lipinski definition) is 0. The Morgan fingerprint density at radius 3 is 3.00 bits per heavy atom. The molecule has 0 radical (unpaired) electrons. The normalized spacial score (nSPS) is 12.9. The standard InChI is InChI=1S/C12H10ClN3S.ClH/c1-17-12-15-10-7-9(13)3-2-8(10)6-11-14-4-5-16(11)12;/h2-5,7H,6H2,1H3;1H. The van der Waals surface area contributed by atoms with Crippen molar-refractivity contribution in [3.63, 3.8) is 0 Å². The lowest BCUT2D eigenvalue weighted by Gasteiger charge is -2.03. The molecule has 1 aliphatic rings. The van der Waals surface area contributed by atoms with Crippen LogP contribution >= 0.6 is 35.8 Å². The number of halogens is 2. The Morgan fingerprint density at radius 2 is 2.22 bits per heavy atom.